The molecule has 0 aliphatic heterocycles. The standard InChI is InChI=1S/C19H27ClN2/c1-2-15-12-13-16-19(18(15)20)22-17(21-16)11-7-6-10-14-8-4-3-5-9-14/h12-14H,2-11H2,1H3,(H,21,22). The molecule has 22 heavy (non-hydrogen) atoms. The monoisotopic (exact) mass is 318 g/mol. The molecule has 1 aliphatic carbocycles. The Hall–Kier alpha value is -1.02. The Kier molecular flexibility index (Phi) is 5.41. The normalized spacial score (nSPS) is 16.5. The molecule has 3 heteroatoms. The molecule has 1 aromatic heterocycles. The molecular formula is C19H27ClN2. The molecule has 0 amide bonds. The minimum atomic E-state index is 0.824. The van der Waals surface area contributed by atoms with Crippen LogP contribution in [-0.4, -0.2) is 9.97 Å². The van der Waals surface area contributed by atoms with E-state index in [1.165, 1.54) is 56.9 Å². The molecule has 2 aromatic rings. The van der Waals surface area contributed by atoms with Gasteiger partial charge in [-0.2, -0.15) is 0 Å². The summed E-state index contributed by atoms with van der Waals surface area (Å²) in [5.74, 6) is 2.08. The molecule has 0 bridgehead atoms. The lowest BCUT2D eigenvalue weighted by molar-refractivity contribution is 0.329. The number of benzene rings is 1. The summed E-state index contributed by atoms with van der Waals surface area (Å²) in [7, 11) is 0. The zero-order chi connectivity index (χ0) is 15.4. The number of aromatic nitrogens is 2. The lowest BCUT2D eigenvalue weighted by Crippen LogP contribution is -2.06. The topological polar surface area (TPSA) is 28.7 Å². The summed E-state index contributed by atoms with van der Waals surface area (Å²) in [6.45, 7) is 2.13. The van der Waals surface area contributed by atoms with Crippen LogP contribution in [-0.2, 0) is 12.8 Å². The minimum absolute atomic E-state index is 0.824. The highest BCUT2D eigenvalue weighted by atomic mass is 35.5. The quantitative estimate of drug-likeness (QED) is 0.643. The van der Waals surface area contributed by atoms with Gasteiger partial charge in [-0.25, -0.2) is 4.98 Å². The Labute approximate surface area is 138 Å². The number of fused-ring (bicyclic) bond motifs is 1. The van der Waals surface area contributed by atoms with Gasteiger partial charge in [-0.15, -0.1) is 0 Å². The molecule has 0 unspecified atom stereocenters. The Morgan fingerprint density at radius 1 is 1.18 bits per heavy atom. The Balaban J connectivity index is 1.54. The molecule has 0 spiro atoms. The first kappa shape index (κ1) is 15.9. The average molecular weight is 319 g/mol. The number of H-pyrrole nitrogens is 1. The number of hydrogen-bond donors (Lipinski definition) is 1. The van der Waals surface area contributed by atoms with Crippen molar-refractivity contribution in [3.8, 4) is 0 Å². The molecular weight excluding hydrogens is 292 g/mol. The van der Waals surface area contributed by atoms with Crippen LogP contribution in [0.25, 0.3) is 11.0 Å². The fraction of sp³-hybridized carbons (Fsp3) is 0.632. The molecule has 0 atom stereocenters. The van der Waals surface area contributed by atoms with Gasteiger partial charge in [-0.3, -0.25) is 0 Å². The molecule has 1 N–H and O–H groups in total. The van der Waals surface area contributed by atoms with Crippen molar-refractivity contribution in [3.05, 3.63) is 28.5 Å². The van der Waals surface area contributed by atoms with Gasteiger partial charge in [0, 0.05) is 6.42 Å². The number of imidazole rings is 1. The number of halogens is 1. The van der Waals surface area contributed by atoms with E-state index in [1.54, 1.807) is 0 Å². The summed E-state index contributed by atoms with van der Waals surface area (Å²) in [5.41, 5.74) is 3.21. The van der Waals surface area contributed by atoms with E-state index in [-0.39, 0.29) is 0 Å². The Morgan fingerprint density at radius 3 is 2.77 bits per heavy atom. The summed E-state index contributed by atoms with van der Waals surface area (Å²) in [4.78, 5) is 8.15. The van der Waals surface area contributed by atoms with E-state index in [1.807, 2.05) is 0 Å². The second kappa shape index (κ2) is 7.50. The number of nitrogens with one attached hydrogen (secondary N) is 1. The molecule has 1 heterocycles. The highest BCUT2D eigenvalue weighted by Gasteiger charge is 2.13. The van der Waals surface area contributed by atoms with E-state index in [9.17, 15) is 0 Å². The molecule has 2 nitrogen and oxygen atoms in total. The third-order valence-electron chi connectivity index (χ3n) is 5.10. The van der Waals surface area contributed by atoms with Crippen molar-refractivity contribution in [2.45, 2.75) is 71.1 Å². The van der Waals surface area contributed by atoms with E-state index in [0.717, 1.165) is 40.6 Å². The third kappa shape index (κ3) is 3.65. The maximum absolute atomic E-state index is 6.44. The number of unbranched alkanes of at least 4 members (excludes halogenated alkanes) is 1. The predicted octanol–water partition coefficient (Wildman–Crippen LogP) is 6.07. The van der Waals surface area contributed by atoms with Crippen molar-refractivity contribution in [2.24, 2.45) is 5.92 Å². The highest BCUT2D eigenvalue weighted by Crippen LogP contribution is 2.29. The summed E-state index contributed by atoms with van der Waals surface area (Å²) >= 11 is 6.44. The Bertz CT molecular complexity index is 611. The van der Waals surface area contributed by atoms with Crippen LogP contribution in [0.1, 0.15) is 69.7 Å². The van der Waals surface area contributed by atoms with Gasteiger partial charge in [0.25, 0.3) is 0 Å². The fourth-order valence-electron chi connectivity index (χ4n) is 3.73. The largest absolute Gasteiger partial charge is 0.342 e. The van der Waals surface area contributed by atoms with Gasteiger partial charge >= 0.3 is 0 Å². The number of aryl methyl sites for hydroxylation is 2. The van der Waals surface area contributed by atoms with Crippen LogP contribution < -0.4 is 0 Å². The maximum Gasteiger partial charge on any atom is 0.107 e. The van der Waals surface area contributed by atoms with Crippen molar-refractivity contribution >= 4 is 22.6 Å². The van der Waals surface area contributed by atoms with Crippen molar-refractivity contribution in [1.29, 1.82) is 0 Å². The molecule has 0 saturated heterocycles. The number of rotatable bonds is 6. The molecule has 1 aliphatic rings. The Morgan fingerprint density at radius 2 is 2.00 bits per heavy atom. The van der Waals surface area contributed by atoms with Gasteiger partial charge < -0.3 is 4.98 Å². The van der Waals surface area contributed by atoms with Gasteiger partial charge in [0.15, 0.2) is 0 Å². The fourth-order valence-corrected chi connectivity index (χ4v) is 4.07. The van der Waals surface area contributed by atoms with Gasteiger partial charge in [0.2, 0.25) is 0 Å². The van der Waals surface area contributed by atoms with Crippen molar-refractivity contribution in [1.82, 2.24) is 9.97 Å². The molecule has 120 valence electrons. The van der Waals surface area contributed by atoms with Crippen molar-refractivity contribution < 1.29 is 0 Å². The molecule has 1 saturated carbocycles. The molecule has 0 radical (unpaired) electrons. The van der Waals surface area contributed by atoms with Gasteiger partial charge in [-0.05, 0) is 30.4 Å². The van der Waals surface area contributed by atoms with Gasteiger partial charge in [0.1, 0.15) is 11.3 Å². The second-order valence-electron chi connectivity index (χ2n) is 6.72. The van der Waals surface area contributed by atoms with E-state index in [4.69, 9.17) is 16.6 Å². The molecule has 1 fully saturated rings. The van der Waals surface area contributed by atoms with E-state index in [0.29, 0.717) is 0 Å². The highest BCUT2D eigenvalue weighted by molar-refractivity contribution is 6.35. The number of hydrogen-bond acceptors (Lipinski definition) is 1. The van der Waals surface area contributed by atoms with Crippen molar-refractivity contribution in [3.63, 3.8) is 0 Å². The average Bonchev–Trinajstić information content (AvgIpc) is 2.97. The van der Waals surface area contributed by atoms with Crippen LogP contribution in [0.15, 0.2) is 12.1 Å². The van der Waals surface area contributed by atoms with Gasteiger partial charge in [0.05, 0.1) is 10.5 Å². The van der Waals surface area contributed by atoms with E-state index in [2.05, 4.69) is 24.0 Å². The zero-order valence-electron chi connectivity index (χ0n) is 13.6. The minimum Gasteiger partial charge on any atom is -0.342 e. The predicted molar refractivity (Wildman–Crippen MR) is 94.6 cm³/mol. The first-order valence-electron chi connectivity index (χ1n) is 8.94. The van der Waals surface area contributed by atoms with Crippen LogP contribution in [0.3, 0.4) is 0 Å². The number of nitrogens with zero attached hydrogens (tertiary/aromatic N) is 1. The lowest BCUT2D eigenvalue weighted by atomic mass is 9.85. The first-order valence-corrected chi connectivity index (χ1v) is 9.31. The van der Waals surface area contributed by atoms with Crippen LogP contribution in [0.5, 0.6) is 0 Å². The summed E-state index contributed by atoms with van der Waals surface area (Å²) < 4.78 is 0. The second-order valence-corrected chi connectivity index (χ2v) is 7.10. The van der Waals surface area contributed by atoms with Crippen molar-refractivity contribution in [2.75, 3.05) is 0 Å². The van der Waals surface area contributed by atoms with Crippen LogP contribution in [0.2, 0.25) is 5.02 Å². The number of aromatic amines is 1. The van der Waals surface area contributed by atoms with Crippen LogP contribution in [0.4, 0.5) is 0 Å². The summed E-state index contributed by atoms with van der Waals surface area (Å²) in [6, 6.07) is 4.22. The maximum atomic E-state index is 6.44. The SMILES string of the molecule is CCc1ccc2[nH]c(CCCCC3CCCCC3)nc2c1Cl. The third-order valence-corrected chi connectivity index (χ3v) is 5.53. The summed E-state index contributed by atoms with van der Waals surface area (Å²) in [5, 5.41) is 0.824. The lowest BCUT2D eigenvalue weighted by Gasteiger charge is -2.21. The van der Waals surface area contributed by atoms with E-state index < -0.39 is 0 Å². The van der Waals surface area contributed by atoms with Crippen LogP contribution >= 0.6 is 11.6 Å². The van der Waals surface area contributed by atoms with Gasteiger partial charge in [-0.1, -0.05) is 69.5 Å². The first-order chi connectivity index (χ1) is 10.8. The molecule has 3 rings (SSSR count). The molecule has 1 aromatic carbocycles. The summed E-state index contributed by atoms with van der Waals surface area (Å²) in [6.07, 6.45) is 13.2. The zero-order valence-corrected chi connectivity index (χ0v) is 14.4. The van der Waals surface area contributed by atoms with E-state index >= 15 is 0 Å². The smallest absolute Gasteiger partial charge is 0.107 e. The van der Waals surface area contributed by atoms with Crippen LogP contribution in [0, 0.1) is 5.92 Å².